The second-order valence-electron chi connectivity index (χ2n) is 3.42. The normalized spacial score (nSPS) is 32.1. The van der Waals surface area contributed by atoms with Gasteiger partial charge in [0, 0.05) is 12.6 Å². The Morgan fingerprint density at radius 2 is 2.18 bits per heavy atom. The molecular formula is C8H14ClNO. The fourth-order valence-electron chi connectivity index (χ4n) is 1.67. The Morgan fingerprint density at radius 1 is 1.55 bits per heavy atom. The van der Waals surface area contributed by atoms with E-state index >= 15 is 0 Å². The van der Waals surface area contributed by atoms with E-state index in [-0.39, 0.29) is 5.37 Å². The van der Waals surface area contributed by atoms with Crippen LogP contribution in [0.15, 0.2) is 0 Å². The fourth-order valence-corrected chi connectivity index (χ4v) is 1.92. The lowest BCUT2D eigenvalue weighted by atomic mass is 9.94. The SMILES string of the molecule is CC1CCN(C(=O)Cl)C(C)C1. The van der Waals surface area contributed by atoms with Crippen LogP contribution in [0.5, 0.6) is 0 Å². The predicted molar refractivity (Wildman–Crippen MR) is 45.8 cm³/mol. The molecule has 0 aliphatic carbocycles. The summed E-state index contributed by atoms with van der Waals surface area (Å²) in [5.41, 5.74) is 0. The third kappa shape index (κ3) is 2.09. The van der Waals surface area contributed by atoms with Crippen LogP contribution < -0.4 is 0 Å². The highest BCUT2D eigenvalue weighted by atomic mass is 35.5. The van der Waals surface area contributed by atoms with Gasteiger partial charge in [-0.25, -0.2) is 0 Å². The number of halogens is 1. The summed E-state index contributed by atoms with van der Waals surface area (Å²) in [5, 5.41) is -0.301. The first-order valence-electron chi connectivity index (χ1n) is 4.07. The van der Waals surface area contributed by atoms with E-state index in [2.05, 4.69) is 13.8 Å². The molecule has 0 radical (unpaired) electrons. The van der Waals surface area contributed by atoms with Gasteiger partial charge in [-0.1, -0.05) is 6.92 Å². The van der Waals surface area contributed by atoms with E-state index in [0.717, 1.165) is 25.3 Å². The first-order valence-corrected chi connectivity index (χ1v) is 4.45. The standard InChI is InChI=1S/C8H14ClNO/c1-6-3-4-10(8(9)11)7(2)5-6/h6-7H,3-5H2,1-2H3. The summed E-state index contributed by atoms with van der Waals surface area (Å²) in [6.45, 7) is 5.09. The molecule has 0 aromatic heterocycles. The van der Waals surface area contributed by atoms with E-state index in [9.17, 15) is 4.79 Å². The fraction of sp³-hybridized carbons (Fsp3) is 0.875. The minimum atomic E-state index is -0.301. The van der Waals surface area contributed by atoms with Crippen LogP contribution in [0.1, 0.15) is 26.7 Å². The molecule has 0 bridgehead atoms. The van der Waals surface area contributed by atoms with Crippen molar-refractivity contribution in [3.63, 3.8) is 0 Å². The van der Waals surface area contributed by atoms with Crippen LogP contribution in [0.3, 0.4) is 0 Å². The van der Waals surface area contributed by atoms with Gasteiger partial charge in [0.25, 0.3) is 0 Å². The van der Waals surface area contributed by atoms with E-state index < -0.39 is 0 Å². The summed E-state index contributed by atoms with van der Waals surface area (Å²) < 4.78 is 0. The average molecular weight is 176 g/mol. The summed E-state index contributed by atoms with van der Waals surface area (Å²) in [7, 11) is 0. The molecule has 2 atom stereocenters. The van der Waals surface area contributed by atoms with E-state index in [4.69, 9.17) is 11.6 Å². The Hall–Kier alpha value is -0.240. The summed E-state index contributed by atoms with van der Waals surface area (Å²) >= 11 is 5.39. The molecule has 1 fully saturated rings. The van der Waals surface area contributed by atoms with Gasteiger partial charge in [0.1, 0.15) is 0 Å². The highest BCUT2D eigenvalue weighted by molar-refractivity contribution is 6.62. The summed E-state index contributed by atoms with van der Waals surface area (Å²) in [5.74, 6) is 0.734. The number of nitrogens with zero attached hydrogens (tertiary/aromatic N) is 1. The van der Waals surface area contributed by atoms with Gasteiger partial charge in [-0.15, -0.1) is 0 Å². The maximum absolute atomic E-state index is 10.8. The highest BCUT2D eigenvalue weighted by Crippen LogP contribution is 2.22. The van der Waals surface area contributed by atoms with Gasteiger partial charge >= 0.3 is 5.37 Å². The summed E-state index contributed by atoms with van der Waals surface area (Å²) in [6, 6.07) is 0.323. The second kappa shape index (κ2) is 3.44. The third-order valence-corrected chi connectivity index (χ3v) is 2.58. The Kier molecular flexibility index (Phi) is 2.77. The first-order chi connectivity index (χ1) is 5.11. The van der Waals surface area contributed by atoms with Gasteiger partial charge in [0.05, 0.1) is 0 Å². The lowest BCUT2D eigenvalue weighted by Gasteiger charge is -2.34. The molecule has 11 heavy (non-hydrogen) atoms. The van der Waals surface area contributed by atoms with Gasteiger partial charge in [-0.05, 0) is 37.3 Å². The van der Waals surface area contributed by atoms with Gasteiger partial charge in [0.15, 0.2) is 0 Å². The number of rotatable bonds is 0. The molecule has 2 unspecified atom stereocenters. The third-order valence-electron chi connectivity index (χ3n) is 2.36. The largest absolute Gasteiger partial charge is 0.327 e. The first kappa shape index (κ1) is 8.85. The van der Waals surface area contributed by atoms with Crippen LogP contribution in [0, 0.1) is 5.92 Å². The van der Waals surface area contributed by atoms with Crippen LogP contribution in [-0.4, -0.2) is 22.9 Å². The molecule has 1 rings (SSSR count). The Balaban J connectivity index is 2.50. The highest BCUT2D eigenvalue weighted by Gasteiger charge is 2.25. The zero-order valence-corrected chi connectivity index (χ0v) is 7.77. The molecule has 3 heteroatoms. The number of hydrogen-bond acceptors (Lipinski definition) is 1. The van der Waals surface area contributed by atoms with Gasteiger partial charge < -0.3 is 4.90 Å². The summed E-state index contributed by atoms with van der Waals surface area (Å²) in [4.78, 5) is 12.5. The number of amides is 1. The van der Waals surface area contributed by atoms with E-state index in [1.165, 1.54) is 0 Å². The number of hydrogen-bond donors (Lipinski definition) is 0. The molecule has 2 nitrogen and oxygen atoms in total. The lowest BCUT2D eigenvalue weighted by molar-refractivity contribution is 0.158. The molecule has 0 aromatic carbocycles. The number of carbonyl (C=O) groups is 1. The molecule has 1 aliphatic heterocycles. The zero-order valence-electron chi connectivity index (χ0n) is 7.01. The van der Waals surface area contributed by atoms with Crippen molar-refractivity contribution in [1.82, 2.24) is 4.90 Å². The molecule has 1 saturated heterocycles. The van der Waals surface area contributed by atoms with E-state index in [0.29, 0.717) is 6.04 Å². The zero-order chi connectivity index (χ0) is 8.43. The van der Waals surface area contributed by atoms with Gasteiger partial charge in [-0.3, -0.25) is 4.79 Å². The van der Waals surface area contributed by atoms with Crippen LogP contribution in [-0.2, 0) is 0 Å². The van der Waals surface area contributed by atoms with E-state index in [1.807, 2.05) is 0 Å². The molecule has 0 aromatic rings. The maximum atomic E-state index is 10.8. The molecule has 0 saturated carbocycles. The van der Waals surface area contributed by atoms with Crippen molar-refractivity contribution in [1.29, 1.82) is 0 Å². The van der Waals surface area contributed by atoms with Crippen molar-refractivity contribution < 1.29 is 4.79 Å². The van der Waals surface area contributed by atoms with Gasteiger partial charge in [0.2, 0.25) is 0 Å². The lowest BCUT2D eigenvalue weighted by Crippen LogP contribution is -2.41. The van der Waals surface area contributed by atoms with Crippen molar-refractivity contribution in [2.45, 2.75) is 32.7 Å². The molecule has 0 spiro atoms. The minimum absolute atomic E-state index is 0.301. The molecule has 1 aliphatic rings. The molecule has 1 amide bonds. The van der Waals surface area contributed by atoms with Crippen molar-refractivity contribution in [2.24, 2.45) is 5.92 Å². The van der Waals surface area contributed by atoms with Crippen molar-refractivity contribution >= 4 is 17.0 Å². The Morgan fingerprint density at radius 3 is 2.64 bits per heavy atom. The average Bonchev–Trinajstić information content (AvgIpc) is 1.85. The van der Waals surface area contributed by atoms with Crippen molar-refractivity contribution in [3.8, 4) is 0 Å². The smallest absolute Gasteiger partial charge is 0.316 e. The molecule has 0 N–H and O–H groups in total. The maximum Gasteiger partial charge on any atom is 0.316 e. The topological polar surface area (TPSA) is 20.3 Å². The number of likely N-dealkylation sites (tertiary alicyclic amines) is 1. The van der Waals surface area contributed by atoms with Crippen molar-refractivity contribution in [3.05, 3.63) is 0 Å². The Labute approximate surface area is 72.5 Å². The number of piperidine rings is 1. The minimum Gasteiger partial charge on any atom is -0.327 e. The van der Waals surface area contributed by atoms with Crippen LogP contribution >= 0.6 is 11.6 Å². The van der Waals surface area contributed by atoms with Crippen LogP contribution in [0.2, 0.25) is 0 Å². The monoisotopic (exact) mass is 175 g/mol. The van der Waals surface area contributed by atoms with E-state index in [1.54, 1.807) is 4.90 Å². The second-order valence-corrected chi connectivity index (χ2v) is 3.75. The van der Waals surface area contributed by atoms with Gasteiger partial charge in [-0.2, -0.15) is 0 Å². The van der Waals surface area contributed by atoms with Crippen LogP contribution in [0.4, 0.5) is 4.79 Å². The molecular weight excluding hydrogens is 162 g/mol. The number of carbonyl (C=O) groups excluding carboxylic acids is 1. The molecule has 1 heterocycles. The summed E-state index contributed by atoms with van der Waals surface area (Å²) in [6.07, 6.45) is 2.17. The van der Waals surface area contributed by atoms with Crippen LogP contribution in [0.25, 0.3) is 0 Å². The molecule has 64 valence electrons. The quantitative estimate of drug-likeness (QED) is 0.409. The van der Waals surface area contributed by atoms with Crippen molar-refractivity contribution in [2.75, 3.05) is 6.54 Å². The predicted octanol–water partition coefficient (Wildman–Crippen LogP) is 2.47. The Bertz CT molecular complexity index is 160.